The molecule has 1 nitrogen and oxygen atoms in total. The Hall–Kier alpha value is -0.540. The van der Waals surface area contributed by atoms with Gasteiger partial charge in [-0.3, -0.25) is 4.79 Å². The van der Waals surface area contributed by atoms with Crippen LogP contribution in [0.25, 0.3) is 0 Å². The predicted octanol–water partition coefficient (Wildman–Crippen LogP) is 3.73. The second kappa shape index (κ2) is 6.26. The molecule has 0 bridgehead atoms. The van der Waals surface area contributed by atoms with Gasteiger partial charge < -0.3 is 0 Å². The Morgan fingerprint density at radius 2 is 2.19 bits per heavy atom. The van der Waals surface area contributed by atoms with Crippen LogP contribution < -0.4 is 0 Å². The summed E-state index contributed by atoms with van der Waals surface area (Å²) in [6.07, 6.45) is 0.117. The van der Waals surface area contributed by atoms with E-state index in [1.807, 2.05) is 13.8 Å². The van der Waals surface area contributed by atoms with Gasteiger partial charge in [0, 0.05) is 6.42 Å². The van der Waals surface area contributed by atoms with E-state index in [2.05, 4.69) is 0 Å². The molecule has 0 fully saturated rings. The highest BCUT2D eigenvalue weighted by molar-refractivity contribution is 8.00. The van der Waals surface area contributed by atoms with Gasteiger partial charge in [-0.05, 0) is 16.9 Å². The molecule has 4 heteroatoms. The highest BCUT2D eigenvalue weighted by atomic mass is 35.5. The molecule has 0 atom stereocenters. The number of thioether (sulfide) groups is 1. The van der Waals surface area contributed by atoms with Crippen LogP contribution in [0, 0.1) is 5.82 Å². The lowest BCUT2D eigenvalue weighted by Crippen LogP contribution is -2.09. The molecule has 0 aliphatic carbocycles. The van der Waals surface area contributed by atoms with Gasteiger partial charge in [-0.2, -0.15) is 11.8 Å². The van der Waals surface area contributed by atoms with E-state index in [1.54, 1.807) is 23.9 Å². The van der Waals surface area contributed by atoms with Crippen LogP contribution in [0.15, 0.2) is 18.2 Å². The number of carbonyl (C=O) groups is 1. The summed E-state index contributed by atoms with van der Waals surface area (Å²) in [5, 5.41) is 0.481. The van der Waals surface area contributed by atoms with Gasteiger partial charge in [-0.25, -0.2) is 4.39 Å². The highest BCUT2D eigenvalue weighted by Gasteiger charge is 2.11. The number of ketones is 1. The first-order valence-corrected chi connectivity index (χ1v) is 6.49. The molecule has 0 aromatic heterocycles. The fraction of sp³-hybridized carbons (Fsp3) is 0.417. The number of Topliss-reactive ketones (excluding diaryl/α,β-unsaturated/α-hetero) is 1. The van der Waals surface area contributed by atoms with Crippen LogP contribution in [0.4, 0.5) is 4.39 Å². The molecule has 0 spiro atoms. The zero-order valence-electron chi connectivity index (χ0n) is 9.30. The maximum atomic E-state index is 13.5. The summed E-state index contributed by atoms with van der Waals surface area (Å²) >= 11 is 7.20. The Morgan fingerprint density at radius 3 is 2.81 bits per heavy atom. The molecule has 88 valence electrons. The average Bonchev–Trinajstić information content (AvgIpc) is 2.22. The van der Waals surface area contributed by atoms with Crippen LogP contribution in [0.5, 0.6) is 0 Å². The topological polar surface area (TPSA) is 17.1 Å². The third-order valence-corrected chi connectivity index (χ3v) is 3.44. The third kappa shape index (κ3) is 4.14. The Bertz CT molecular complexity index is 379. The molecule has 0 saturated carbocycles. The lowest BCUT2D eigenvalue weighted by atomic mass is 10.1. The second-order valence-corrected chi connectivity index (χ2v) is 5.76. The molecule has 0 amide bonds. The van der Waals surface area contributed by atoms with Crippen LogP contribution in [-0.2, 0) is 11.2 Å². The summed E-state index contributed by atoms with van der Waals surface area (Å²) in [6.45, 7) is 4.05. The van der Waals surface area contributed by atoms with Crippen molar-refractivity contribution in [3.8, 4) is 0 Å². The Kier molecular flexibility index (Phi) is 5.29. The largest absolute Gasteiger partial charge is 0.298 e. The number of hydrogen-bond acceptors (Lipinski definition) is 2. The van der Waals surface area contributed by atoms with Crippen molar-refractivity contribution < 1.29 is 9.18 Å². The molecular formula is C12H14ClFOS. The minimum atomic E-state index is -0.480. The fourth-order valence-corrected chi connectivity index (χ4v) is 2.02. The molecule has 1 rings (SSSR count). The number of carbonyl (C=O) groups excluding carboxylic acids is 1. The van der Waals surface area contributed by atoms with Crippen molar-refractivity contribution in [3.63, 3.8) is 0 Å². The number of halogens is 2. The lowest BCUT2D eigenvalue weighted by molar-refractivity contribution is -0.116. The monoisotopic (exact) mass is 260 g/mol. The zero-order valence-corrected chi connectivity index (χ0v) is 10.9. The van der Waals surface area contributed by atoms with Crippen LogP contribution in [-0.4, -0.2) is 16.8 Å². The van der Waals surface area contributed by atoms with Gasteiger partial charge in [0.05, 0.1) is 10.8 Å². The maximum Gasteiger partial charge on any atom is 0.147 e. The SMILES string of the molecule is CC(C)SCC(=O)Cc1cccc(Cl)c1F. The van der Waals surface area contributed by atoms with Gasteiger partial charge in [-0.15, -0.1) is 0 Å². The van der Waals surface area contributed by atoms with E-state index in [-0.39, 0.29) is 17.2 Å². The van der Waals surface area contributed by atoms with Crippen molar-refractivity contribution in [3.05, 3.63) is 34.6 Å². The first-order chi connectivity index (χ1) is 7.50. The summed E-state index contributed by atoms with van der Waals surface area (Å²) < 4.78 is 13.5. The molecule has 0 aliphatic rings. The van der Waals surface area contributed by atoms with E-state index in [0.29, 0.717) is 16.6 Å². The van der Waals surface area contributed by atoms with Gasteiger partial charge in [0.15, 0.2) is 0 Å². The van der Waals surface area contributed by atoms with Gasteiger partial charge in [0.2, 0.25) is 0 Å². The molecule has 0 N–H and O–H groups in total. The molecular weight excluding hydrogens is 247 g/mol. The third-order valence-electron chi connectivity index (χ3n) is 2.00. The van der Waals surface area contributed by atoms with Gasteiger partial charge in [0.1, 0.15) is 11.6 Å². The molecule has 0 radical (unpaired) electrons. The van der Waals surface area contributed by atoms with Crippen molar-refractivity contribution in [1.29, 1.82) is 0 Å². The van der Waals surface area contributed by atoms with Gasteiger partial charge >= 0.3 is 0 Å². The fourth-order valence-electron chi connectivity index (χ4n) is 1.21. The van der Waals surface area contributed by atoms with Crippen molar-refractivity contribution in [1.82, 2.24) is 0 Å². The minimum Gasteiger partial charge on any atom is -0.298 e. The summed E-state index contributed by atoms with van der Waals surface area (Å²) in [5.41, 5.74) is 0.377. The van der Waals surface area contributed by atoms with E-state index in [1.165, 1.54) is 6.07 Å². The van der Waals surface area contributed by atoms with Crippen molar-refractivity contribution >= 4 is 29.1 Å². The van der Waals surface area contributed by atoms with Crippen LogP contribution >= 0.6 is 23.4 Å². The molecule has 16 heavy (non-hydrogen) atoms. The van der Waals surface area contributed by atoms with Crippen LogP contribution in [0.1, 0.15) is 19.4 Å². The van der Waals surface area contributed by atoms with E-state index in [0.717, 1.165) is 0 Å². The maximum absolute atomic E-state index is 13.5. The second-order valence-electron chi connectivity index (χ2n) is 3.79. The summed E-state index contributed by atoms with van der Waals surface area (Å²) in [4.78, 5) is 11.5. The quantitative estimate of drug-likeness (QED) is 0.802. The first-order valence-electron chi connectivity index (χ1n) is 5.07. The normalized spacial score (nSPS) is 10.8. The van der Waals surface area contributed by atoms with E-state index < -0.39 is 5.82 Å². The molecule has 0 aliphatic heterocycles. The molecule has 0 unspecified atom stereocenters. The standard InChI is InChI=1S/C12H14ClFOS/c1-8(2)16-7-10(15)6-9-4-3-5-11(13)12(9)14/h3-5,8H,6-7H2,1-2H3. The lowest BCUT2D eigenvalue weighted by Gasteiger charge is -2.05. The zero-order chi connectivity index (χ0) is 12.1. The molecule has 0 saturated heterocycles. The first kappa shape index (κ1) is 13.5. The Balaban J connectivity index is 2.59. The number of benzene rings is 1. The van der Waals surface area contributed by atoms with E-state index >= 15 is 0 Å². The molecule has 0 heterocycles. The smallest absolute Gasteiger partial charge is 0.147 e. The number of rotatable bonds is 5. The minimum absolute atomic E-state index is 0.0277. The molecule has 1 aromatic carbocycles. The van der Waals surface area contributed by atoms with E-state index in [4.69, 9.17) is 11.6 Å². The Morgan fingerprint density at radius 1 is 1.50 bits per heavy atom. The predicted molar refractivity (Wildman–Crippen MR) is 67.7 cm³/mol. The molecule has 1 aromatic rings. The van der Waals surface area contributed by atoms with Crippen molar-refractivity contribution in [2.45, 2.75) is 25.5 Å². The van der Waals surface area contributed by atoms with Crippen LogP contribution in [0.2, 0.25) is 5.02 Å². The van der Waals surface area contributed by atoms with Crippen molar-refractivity contribution in [2.24, 2.45) is 0 Å². The number of hydrogen-bond donors (Lipinski definition) is 0. The average molecular weight is 261 g/mol. The van der Waals surface area contributed by atoms with Gasteiger partial charge in [0.25, 0.3) is 0 Å². The van der Waals surface area contributed by atoms with Crippen LogP contribution in [0.3, 0.4) is 0 Å². The van der Waals surface area contributed by atoms with Crippen molar-refractivity contribution in [2.75, 3.05) is 5.75 Å². The summed E-state index contributed by atoms with van der Waals surface area (Å²) in [7, 11) is 0. The highest BCUT2D eigenvalue weighted by Crippen LogP contribution is 2.19. The Labute approximate surface area is 104 Å². The summed E-state index contributed by atoms with van der Waals surface area (Å²) in [5.74, 6) is -0.0317. The van der Waals surface area contributed by atoms with Gasteiger partial charge in [-0.1, -0.05) is 37.6 Å². The van der Waals surface area contributed by atoms with E-state index in [9.17, 15) is 9.18 Å². The summed E-state index contributed by atoms with van der Waals surface area (Å²) in [6, 6.07) is 4.73.